The van der Waals surface area contributed by atoms with Gasteiger partial charge in [-0.3, -0.25) is 4.57 Å². The first-order valence-electron chi connectivity index (χ1n) is 5.70. The molecule has 0 aliphatic heterocycles. The van der Waals surface area contributed by atoms with Crippen molar-refractivity contribution in [2.24, 2.45) is 0 Å². The van der Waals surface area contributed by atoms with Crippen LogP contribution in [0.4, 0.5) is 5.69 Å². The highest BCUT2D eigenvalue weighted by atomic mass is 35.5. The number of aromatic amines is 1. The fourth-order valence-electron chi connectivity index (χ4n) is 1.70. The summed E-state index contributed by atoms with van der Waals surface area (Å²) in [6, 6.07) is 0.230. The van der Waals surface area contributed by atoms with Gasteiger partial charge in [-0.2, -0.15) is 0 Å². The number of nitrogens with one attached hydrogen (secondary N) is 1. The molecule has 2 aromatic heterocycles. The largest absolute Gasteiger partial charge is 0.395 e. The van der Waals surface area contributed by atoms with Gasteiger partial charge in [0.2, 0.25) is 5.28 Å². The molecular formula is C10H11ClN6OS. The topological polar surface area (TPSA) is 102 Å². The lowest BCUT2D eigenvalue weighted by Crippen LogP contribution is -2.16. The predicted molar refractivity (Wildman–Crippen MR) is 71.4 cm³/mol. The summed E-state index contributed by atoms with van der Waals surface area (Å²) in [5.74, 6) is 0. The number of aryl methyl sites for hydroxylation is 1. The summed E-state index contributed by atoms with van der Waals surface area (Å²) in [7, 11) is 0. The van der Waals surface area contributed by atoms with Gasteiger partial charge >= 0.3 is 5.69 Å². The lowest BCUT2D eigenvalue weighted by Gasteiger charge is -2.07. The van der Waals surface area contributed by atoms with Gasteiger partial charge in [-0.1, -0.05) is 0 Å². The number of hydrogen-bond donors (Lipinski definition) is 2. The molecule has 0 aromatic carbocycles. The van der Waals surface area contributed by atoms with E-state index >= 15 is 0 Å². The maximum Gasteiger partial charge on any atom is 0.344 e. The van der Waals surface area contributed by atoms with Gasteiger partial charge in [-0.15, -0.1) is 5.10 Å². The number of halogens is 1. The SMILES string of the molecule is Cc1nc(Cl)nc(Sc2n[nH]c(=O)n2C2CC2)c1N. The molecule has 1 saturated carbocycles. The highest BCUT2D eigenvalue weighted by Gasteiger charge is 2.29. The van der Waals surface area contributed by atoms with E-state index in [9.17, 15) is 4.79 Å². The Morgan fingerprint density at radius 2 is 2.21 bits per heavy atom. The number of rotatable bonds is 3. The van der Waals surface area contributed by atoms with Crippen molar-refractivity contribution in [3.63, 3.8) is 0 Å². The second-order valence-corrected chi connectivity index (χ2v) is 5.61. The van der Waals surface area contributed by atoms with Gasteiger partial charge in [0, 0.05) is 6.04 Å². The number of nitrogens with zero attached hydrogens (tertiary/aromatic N) is 4. The van der Waals surface area contributed by atoms with Crippen LogP contribution in [0.2, 0.25) is 5.28 Å². The average molecular weight is 299 g/mol. The van der Waals surface area contributed by atoms with E-state index < -0.39 is 0 Å². The summed E-state index contributed by atoms with van der Waals surface area (Å²) in [6.07, 6.45) is 1.98. The van der Waals surface area contributed by atoms with E-state index in [0.29, 0.717) is 21.6 Å². The van der Waals surface area contributed by atoms with Crippen molar-refractivity contribution in [1.82, 2.24) is 24.7 Å². The van der Waals surface area contributed by atoms with Gasteiger partial charge in [-0.05, 0) is 43.1 Å². The molecule has 3 rings (SSSR count). The molecule has 0 amide bonds. The van der Waals surface area contributed by atoms with Crippen LogP contribution in [0.25, 0.3) is 0 Å². The van der Waals surface area contributed by atoms with Crippen LogP contribution in [-0.4, -0.2) is 24.7 Å². The maximum atomic E-state index is 11.7. The first kappa shape index (κ1) is 12.5. The summed E-state index contributed by atoms with van der Waals surface area (Å²) in [5.41, 5.74) is 6.77. The van der Waals surface area contributed by atoms with Gasteiger partial charge in [0.05, 0.1) is 11.4 Å². The van der Waals surface area contributed by atoms with Crippen LogP contribution in [0.15, 0.2) is 15.0 Å². The Kier molecular flexibility index (Phi) is 2.98. The zero-order valence-corrected chi connectivity index (χ0v) is 11.6. The van der Waals surface area contributed by atoms with Crippen molar-refractivity contribution in [2.75, 3.05) is 5.73 Å². The third-order valence-electron chi connectivity index (χ3n) is 2.85. The standard InChI is InChI=1S/C10H11ClN6OS/c1-4-6(12)7(14-8(11)13-4)19-10-16-15-9(18)17(10)5-2-3-5/h5H,2-3,12H2,1H3,(H,15,18). The van der Waals surface area contributed by atoms with E-state index in [-0.39, 0.29) is 17.0 Å². The van der Waals surface area contributed by atoms with E-state index in [1.807, 2.05) is 0 Å². The van der Waals surface area contributed by atoms with Crippen LogP contribution < -0.4 is 11.4 Å². The molecule has 1 fully saturated rings. The van der Waals surface area contributed by atoms with Crippen LogP contribution in [0.1, 0.15) is 24.6 Å². The van der Waals surface area contributed by atoms with Crippen LogP contribution in [-0.2, 0) is 0 Å². The third-order valence-corrected chi connectivity index (χ3v) is 3.99. The molecule has 3 N–H and O–H groups in total. The van der Waals surface area contributed by atoms with Crippen LogP contribution in [0.3, 0.4) is 0 Å². The van der Waals surface area contributed by atoms with E-state index in [4.69, 9.17) is 17.3 Å². The van der Waals surface area contributed by atoms with Crippen LogP contribution >= 0.6 is 23.4 Å². The van der Waals surface area contributed by atoms with Crippen LogP contribution in [0.5, 0.6) is 0 Å². The normalized spacial score (nSPS) is 14.8. The molecule has 100 valence electrons. The number of aromatic nitrogens is 5. The first-order chi connectivity index (χ1) is 9.06. The minimum absolute atomic E-state index is 0.130. The van der Waals surface area contributed by atoms with E-state index in [1.165, 1.54) is 11.8 Å². The van der Waals surface area contributed by atoms with Gasteiger partial charge in [-0.25, -0.2) is 19.9 Å². The maximum absolute atomic E-state index is 11.7. The van der Waals surface area contributed by atoms with Crippen molar-refractivity contribution >= 4 is 29.1 Å². The Balaban J connectivity index is 2.00. The molecular weight excluding hydrogens is 288 g/mol. The fourth-order valence-corrected chi connectivity index (χ4v) is 2.95. The molecule has 1 aliphatic rings. The summed E-state index contributed by atoms with van der Waals surface area (Å²) < 4.78 is 1.63. The Morgan fingerprint density at radius 3 is 2.89 bits per heavy atom. The van der Waals surface area contributed by atoms with E-state index in [2.05, 4.69) is 20.2 Å². The average Bonchev–Trinajstić information content (AvgIpc) is 3.11. The molecule has 0 unspecified atom stereocenters. The number of anilines is 1. The Bertz CT molecular complexity index is 692. The number of nitrogens with two attached hydrogens (primary N) is 1. The number of nitrogen functional groups attached to an aromatic ring is 1. The summed E-state index contributed by atoms with van der Waals surface area (Å²) in [6.45, 7) is 1.76. The van der Waals surface area contributed by atoms with Gasteiger partial charge < -0.3 is 5.73 Å². The van der Waals surface area contributed by atoms with Crippen molar-refractivity contribution in [3.8, 4) is 0 Å². The van der Waals surface area contributed by atoms with Gasteiger partial charge in [0.1, 0.15) is 5.03 Å². The molecule has 0 bridgehead atoms. The monoisotopic (exact) mass is 298 g/mol. The number of hydrogen-bond acceptors (Lipinski definition) is 6. The second kappa shape index (κ2) is 4.53. The van der Waals surface area contributed by atoms with Crippen molar-refractivity contribution in [2.45, 2.75) is 36.0 Å². The Hall–Kier alpha value is -1.54. The molecule has 0 saturated heterocycles. The van der Waals surface area contributed by atoms with Gasteiger partial charge in [0.25, 0.3) is 0 Å². The van der Waals surface area contributed by atoms with Crippen LogP contribution in [0, 0.1) is 6.92 Å². The zero-order chi connectivity index (χ0) is 13.6. The smallest absolute Gasteiger partial charge is 0.344 e. The molecule has 1 aliphatic carbocycles. The summed E-state index contributed by atoms with van der Waals surface area (Å²) in [5, 5.41) is 7.64. The molecule has 9 heteroatoms. The molecule has 2 heterocycles. The first-order valence-corrected chi connectivity index (χ1v) is 6.90. The lowest BCUT2D eigenvalue weighted by molar-refractivity contribution is 0.642. The van der Waals surface area contributed by atoms with Crippen molar-refractivity contribution in [1.29, 1.82) is 0 Å². The molecule has 7 nitrogen and oxygen atoms in total. The predicted octanol–water partition coefficient (Wildman–Crippen LogP) is 1.39. The van der Waals surface area contributed by atoms with E-state index in [1.54, 1.807) is 11.5 Å². The lowest BCUT2D eigenvalue weighted by atomic mass is 10.4. The Morgan fingerprint density at radius 1 is 1.47 bits per heavy atom. The highest BCUT2D eigenvalue weighted by Crippen LogP contribution is 2.38. The third kappa shape index (κ3) is 2.33. The Labute approximate surface area is 117 Å². The summed E-state index contributed by atoms with van der Waals surface area (Å²) in [4.78, 5) is 19.7. The quantitative estimate of drug-likeness (QED) is 0.656. The highest BCUT2D eigenvalue weighted by molar-refractivity contribution is 7.99. The molecule has 0 radical (unpaired) electrons. The summed E-state index contributed by atoms with van der Waals surface area (Å²) >= 11 is 7.04. The number of H-pyrrole nitrogens is 1. The minimum atomic E-state index is -0.208. The molecule has 19 heavy (non-hydrogen) atoms. The van der Waals surface area contributed by atoms with Crippen molar-refractivity contribution < 1.29 is 0 Å². The van der Waals surface area contributed by atoms with Crippen molar-refractivity contribution in [3.05, 3.63) is 21.5 Å². The molecule has 0 spiro atoms. The second-order valence-electron chi connectivity index (χ2n) is 4.31. The fraction of sp³-hybridized carbons (Fsp3) is 0.400. The zero-order valence-electron chi connectivity index (χ0n) is 10.1. The van der Waals surface area contributed by atoms with E-state index in [0.717, 1.165) is 12.8 Å². The minimum Gasteiger partial charge on any atom is -0.395 e. The molecule has 2 aromatic rings. The molecule has 0 atom stereocenters. The van der Waals surface area contributed by atoms with Gasteiger partial charge in [0.15, 0.2) is 5.16 Å².